The Labute approximate surface area is 134 Å². The molecule has 2 amide bonds. The minimum absolute atomic E-state index is 0.0282. The zero-order valence-corrected chi connectivity index (χ0v) is 13.7. The van der Waals surface area contributed by atoms with Crippen molar-refractivity contribution in [3.8, 4) is 0 Å². The van der Waals surface area contributed by atoms with Crippen molar-refractivity contribution in [2.45, 2.75) is 57.5 Å². The van der Waals surface area contributed by atoms with E-state index in [1.165, 1.54) is 0 Å². The van der Waals surface area contributed by atoms with Gasteiger partial charge in [-0.25, -0.2) is 0 Å². The second-order valence-electron chi connectivity index (χ2n) is 6.62. The van der Waals surface area contributed by atoms with Gasteiger partial charge in [-0.15, -0.1) is 0 Å². The van der Waals surface area contributed by atoms with Gasteiger partial charge in [-0.3, -0.25) is 19.1 Å². The lowest BCUT2D eigenvalue weighted by molar-refractivity contribution is -0.130. The van der Waals surface area contributed by atoms with Crippen LogP contribution in [0.1, 0.15) is 53.8 Å². The lowest BCUT2D eigenvalue weighted by atomic mass is 9.68. The van der Waals surface area contributed by atoms with Crippen LogP contribution in [0.25, 0.3) is 0 Å². The number of carbonyl (C=O) groups is 3. The Morgan fingerprint density at radius 2 is 2.04 bits per heavy atom. The first-order chi connectivity index (χ1) is 10.8. The number of hydrogen-bond acceptors (Lipinski definition) is 4. The first kappa shape index (κ1) is 15.7. The quantitative estimate of drug-likeness (QED) is 0.628. The van der Waals surface area contributed by atoms with Crippen LogP contribution >= 0.6 is 0 Å². The van der Waals surface area contributed by atoms with Crippen LogP contribution in [0.5, 0.6) is 0 Å². The molecule has 1 saturated heterocycles. The van der Waals surface area contributed by atoms with E-state index in [9.17, 15) is 14.4 Å². The van der Waals surface area contributed by atoms with Crippen molar-refractivity contribution >= 4 is 17.6 Å². The van der Waals surface area contributed by atoms with Crippen molar-refractivity contribution in [1.29, 1.82) is 0 Å². The normalized spacial score (nSPS) is 22.4. The van der Waals surface area contributed by atoms with E-state index in [-0.39, 0.29) is 17.5 Å². The van der Waals surface area contributed by atoms with Crippen LogP contribution in [0.15, 0.2) is 0 Å². The second-order valence-corrected chi connectivity index (χ2v) is 6.62. The predicted octanol–water partition coefficient (Wildman–Crippen LogP) is 0.537. The molecule has 1 aliphatic heterocycles. The number of amides is 2. The van der Waals surface area contributed by atoms with Crippen molar-refractivity contribution in [2.75, 3.05) is 0 Å². The van der Waals surface area contributed by atoms with E-state index in [1.54, 1.807) is 25.6 Å². The number of nitrogens with one attached hydrogen (secondary N) is 2. The third-order valence-corrected chi connectivity index (χ3v) is 5.21. The smallest absolute Gasteiger partial charge is 0.292 e. The lowest BCUT2D eigenvalue weighted by Crippen LogP contribution is -2.68. The van der Waals surface area contributed by atoms with Crippen molar-refractivity contribution in [2.24, 2.45) is 7.05 Å². The molecule has 124 valence electrons. The molecule has 1 saturated carbocycles. The molecule has 2 aliphatic rings. The molecule has 3 rings (SSSR count). The molecule has 1 unspecified atom stereocenters. The highest BCUT2D eigenvalue weighted by atomic mass is 16.2. The number of piperidine rings is 1. The second kappa shape index (κ2) is 5.47. The number of hydrogen-bond donors (Lipinski definition) is 2. The van der Waals surface area contributed by atoms with Crippen LogP contribution in [0.2, 0.25) is 0 Å². The standard InChI is InChI=1S/C16H22N4O3/c1-9-13(10(2)20(3)19-9)14(22)15(23)17-11-5-6-12(21)18-16(11)7-4-8-16/h11H,4-8H2,1-3H3,(H,17,23)(H,18,21). The van der Waals surface area contributed by atoms with Gasteiger partial charge in [0.2, 0.25) is 5.91 Å². The van der Waals surface area contributed by atoms with E-state index in [2.05, 4.69) is 15.7 Å². The predicted molar refractivity (Wildman–Crippen MR) is 82.9 cm³/mol. The Morgan fingerprint density at radius 3 is 2.57 bits per heavy atom. The number of ketones is 1. The van der Waals surface area contributed by atoms with Gasteiger partial charge in [0.1, 0.15) is 0 Å². The van der Waals surface area contributed by atoms with Gasteiger partial charge in [-0.1, -0.05) is 0 Å². The maximum Gasteiger partial charge on any atom is 0.292 e. The number of carbonyl (C=O) groups excluding carboxylic acids is 3. The van der Waals surface area contributed by atoms with E-state index >= 15 is 0 Å². The number of nitrogens with zero attached hydrogens (tertiary/aromatic N) is 2. The van der Waals surface area contributed by atoms with Crippen LogP contribution in [-0.2, 0) is 16.6 Å². The summed E-state index contributed by atoms with van der Waals surface area (Å²) < 4.78 is 1.60. The maximum absolute atomic E-state index is 12.5. The fraction of sp³-hybridized carbons (Fsp3) is 0.625. The van der Waals surface area contributed by atoms with Crippen LogP contribution in [0.3, 0.4) is 0 Å². The van der Waals surface area contributed by atoms with E-state index in [4.69, 9.17) is 0 Å². The van der Waals surface area contributed by atoms with E-state index in [1.807, 2.05) is 0 Å². The largest absolute Gasteiger partial charge is 0.349 e. The molecule has 7 heteroatoms. The molecule has 0 bridgehead atoms. The lowest BCUT2D eigenvalue weighted by Gasteiger charge is -2.50. The molecule has 2 N–H and O–H groups in total. The molecule has 1 aromatic rings. The highest BCUT2D eigenvalue weighted by Gasteiger charge is 2.48. The van der Waals surface area contributed by atoms with Crippen LogP contribution < -0.4 is 10.6 Å². The van der Waals surface area contributed by atoms with Crippen molar-refractivity contribution < 1.29 is 14.4 Å². The Morgan fingerprint density at radius 1 is 1.35 bits per heavy atom. The Kier molecular flexibility index (Phi) is 3.74. The van der Waals surface area contributed by atoms with Gasteiger partial charge in [0.05, 0.1) is 22.8 Å². The summed E-state index contributed by atoms with van der Waals surface area (Å²) in [5.41, 5.74) is 1.25. The van der Waals surface area contributed by atoms with Crippen LogP contribution in [-0.4, -0.2) is 39.0 Å². The molecule has 7 nitrogen and oxygen atoms in total. The minimum Gasteiger partial charge on any atom is -0.349 e. The molecule has 1 aliphatic carbocycles. The van der Waals surface area contributed by atoms with Gasteiger partial charge in [0.25, 0.3) is 11.7 Å². The van der Waals surface area contributed by atoms with Gasteiger partial charge in [-0.2, -0.15) is 5.10 Å². The summed E-state index contributed by atoms with van der Waals surface area (Å²) in [6.07, 6.45) is 3.69. The summed E-state index contributed by atoms with van der Waals surface area (Å²) in [7, 11) is 1.75. The summed E-state index contributed by atoms with van der Waals surface area (Å²) in [6.45, 7) is 3.50. The SMILES string of the molecule is Cc1nn(C)c(C)c1C(=O)C(=O)NC1CCC(=O)NC12CCC2. The van der Waals surface area contributed by atoms with Crippen LogP contribution in [0.4, 0.5) is 0 Å². The topological polar surface area (TPSA) is 93.1 Å². The van der Waals surface area contributed by atoms with Gasteiger partial charge in [0.15, 0.2) is 0 Å². The third-order valence-electron chi connectivity index (χ3n) is 5.21. The van der Waals surface area contributed by atoms with Crippen molar-refractivity contribution in [3.05, 3.63) is 17.0 Å². The molecule has 0 aromatic carbocycles. The number of aromatic nitrogens is 2. The van der Waals surface area contributed by atoms with E-state index < -0.39 is 11.7 Å². The fourth-order valence-corrected chi connectivity index (χ4v) is 3.66. The highest BCUT2D eigenvalue weighted by molar-refractivity contribution is 6.43. The summed E-state index contributed by atoms with van der Waals surface area (Å²) in [6, 6.07) is -0.178. The summed E-state index contributed by atoms with van der Waals surface area (Å²) in [5.74, 6) is -1.14. The first-order valence-corrected chi connectivity index (χ1v) is 8.00. The summed E-state index contributed by atoms with van der Waals surface area (Å²) >= 11 is 0. The Hall–Kier alpha value is -2.18. The van der Waals surface area contributed by atoms with E-state index in [0.717, 1.165) is 19.3 Å². The molecule has 0 radical (unpaired) electrons. The molecule has 1 aromatic heterocycles. The molecular weight excluding hydrogens is 296 g/mol. The number of rotatable bonds is 3. The van der Waals surface area contributed by atoms with Gasteiger partial charge >= 0.3 is 0 Å². The van der Waals surface area contributed by atoms with Gasteiger partial charge in [-0.05, 0) is 39.5 Å². The average Bonchev–Trinajstić information content (AvgIpc) is 2.71. The summed E-state index contributed by atoms with van der Waals surface area (Å²) in [5, 5.41) is 10.0. The van der Waals surface area contributed by atoms with Gasteiger partial charge in [0, 0.05) is 19.2 Å². The number of Topliss-reactive ketones (excluding diaryl/α,β-unsaturated/α-hetero) is 1. The summed E-state index contributed by atoms with van der Waals surface area (Å²) in [4.78, 5) is 36.6. The molecule has 1 atom stereocenters. The molecular formula is C16H22N4O3. The molecule has 2 fully saturated rings. The zero-order valence-electron chi connectivity index (χ0n) is 13.7. The van der Waals surface area contributed by atoms with E-state index in [0.29, 0.717) is 29.8 Å². The van der Waals surface area contributed by atoms with Crippen LogP contribution in [0, 0.1) is 13.8 Å². The molecule has 1 spiro atoms. The van der Waals surface area contributed by atoms with Crippen molar-refractivity contribution in [3.63, 3.8) is 0 Å². The maximum atomic E-state index is 12.5. The Bertz CT molecular complexity index is 688. The average molecular weight is 318 g/mol. The Balaban J connectivity index is 1.76. The first-order valence-electron chi connectivity index (χ1n) is 8.00. The monoisotopic (exact) mass is 318 g/mol. The highest BCUT2D eigenvalue weighted by Crippen LogP contribution is 2.38. The zero-order chi connectivity index (χ0) is 16.8. The van der Waals surface area contributed by atoms with Crippen molar-refractivity contribution in [1.82, 2.24) is 20.4 Å². The van der Waals surface area contributed by atoms with Gasteiger partial charge < -0.3 is 10.6 Å². The number of aryl methyl sites for hydroxylation is 2. The minimum atomic E-state index is -0.614. The molecule has 23 heavy (non-hydrogen) atoms. The third kappa shape index (κ3) is 2.54. The molecule has 2 heterocycles. The fourth-order valence-electron chi connectivity index (χ4n) is 3.66.